The largest absolute Gasteiger partial charge is 0.496 e. The summed E-state index contributed by atoms with van der Waals surface area (Å²) in [5.74, 6) is -1.76. The van der Waals surface area contributed by atoms with E-state index in [1.165, 1.54) is 7.11 Å². The Kier molecular flexibility index (Phi) is 5.95. The van der Waals surface area contributed by atoms with Gasteiger partial charge in [0.2, 0.25) is 5.91 Å². The molecule has 2 aromatic rings. The van der Waals surface area contributed by atoms with Crippen LogP contribution in [-0.2, 0) is 9.59 Å². The highest BCUT2D eigenvalue weighted by Gasteiger charge is 2.28. The van der Waals surface area contributed by atoms with E-state index in [0.717, 1.165) is 5.69 Å². The smallest absolute Gasteiger partial charge is 0.311 e. The molecule has 0 aromatic heterocycles. The van der Waals surface area contributed by atoms with E-state index in [-0.39, 0.29) is 12.3 Å². The second-order valence-corrected chi connectivity index (χ2v) is 5.31. The molecule has 0 fully saturated rings. The average Bonchev–Trinajstić information content (AvgIpc) is 2.61. The number of carboxylic acids is 1. The van der Waals surface area contributed by atoms with Gasteiger partial charge in [0.25, 0.3) is 0 Å². The summed E-state index contributed by atoms with van der Waals surface area (Å²) < 4.78 is 5.24. The van der Waals surface area contributed by atoms with Gasteiger partial charge in [0.05, 0.1) is 13.0 Å². The third-order valence-electron chi connectivity index (χ3n) is 3.88. The lowest BCUT2D eigenvalue weighted by atomic mass is 9.94. The monoisotopic (exact) mass is 327 g/mol. The molecule has 0 aliphatic rings. The van der Waals surface area contributed by atoms with Gasteiger partial charge in [-0.25, -0.2) is 0 Å². The Morgan fingerprint density at radius 1 is 1.08 bits per heavy atom. The van der Waals surface area contributed by atoms with Crippen LogP contribution in [0, 0.1) is 0 Å². The number of benzene rings is 2. The number of anilines is 1. The minimum Gasteiger partial charge on any atom is -0.496 e. The van der Waals surface area contributed by atoms with Crippen molar-refractivity contribution in [3.05, 3.63) is 60.2 Å². The predicted octanol–water partition coefficient (Wildman–Crippen LogP) is 3.31. The summed E-state index contributed by atoms with van der Waals surface area (Å²) in [6.45, 7) is 2.34. The number of ether oxygens (including phenoxy) is 1. The number of carbonyl (C=O) groups is 2. The van der Waals surface area contributed by atoms with Gasteiger partial charge in [0.15, 0.2) is 0 Å². The number of hydrogen-bond donors (Lipinski definition) is 1. The second kappa shape index (κ2) is 8.15. The Hall–Kier alpha value is -2.82. The van der Waals surface area contributed by atoms with Crippen molar-refractivity contribution in [2.75, 3.05) is 18.6 Å². The summed E-state index contributed by atoms with van der Waals surface area (Å²) in [5, 5.41) is 9.59. The highest BCUT2D eigenvalue weighted by Crippen LogP contribution is 2.30. The zero-order valence-corrected chi connectivity index (χ0v) is 13.8. The SMILES string of the molecule is CCN(C(=O)CC(C(=O)O)c1ccccc1OC)c1ccccc1. The molecule has 0 radical (unpaired) electrons. The summed E-state index contributed by atoms with van der Waals surface area (Å²) >= 11 is 0. The van der Waals surface area contributed by atoms with Crippen LogP contribution in [0.3, 0.4) is 0 Å². The molecule has 1 atom stereocenters. The van der Waals surface area contributed by atoms with E-state index in [9.17, 15) is 14.7 Å². The number of amides is 1. The van der Waals surface area contributed by atoms with Gasteiger partial charge in [0, 0.05) is 24.2 Å². The van der Waals surface area contributed by atoms with Crippen LogP contribution in [0.4, 0.5) is 5.69 Å². The Morgan fingerprint density at radius 3 is 2.29 bits per heavy atom. The number of carboxylic acid groups (broad SMARTS) is 1. The van der Waals surface area contributed by atoms with E-state index in [4.69, 9.17) is 4.74 Å². The molecule has 5 nitrogen and oxygen atoms in total. The molecular formula is C19H21NO4. The Balaban J connectivity index is 2.27. The van der Waals surface area contributed by atoms with Crippen molar-refractivity contribution in [3.8, 4) is 5.75 Å². The molecule has 1 amide bonds. The summed E-state index contributed by atoms with van der Waals surface area (Å²) in [7, 11) is 1.49. The Labute approximate surface area is 141 Å². The van der Waals surface area contributed by atoms with Crippen LogP contribution in [0.2, 0.25) is 0 Å². The van der Waals surface area contributed by atoms with Gasteiger partial charge in [0.1, 0.15) is 5.75 Å². The van der Waals surface area contributed by atoms with Crippen molar-refractivity contribution in [2.45, 2.75) is 19.3 Å². The summed E-state index contributed by atoms with van der Waals surface area (Å²) in [6.07, 6.45) is -0.127. The fourth-order valence-corrected chi connectivity index (χ4v) is 2.68. The average molecular weight is 327 g/mol. The van der Waals surface area contributed by atoms with Gasteiger partial charge in [-0.2, -0.15) is 0 Å². The van der Waals surface area contributed by atoms with Gasteiger partial charge in [-0.1, -0.05) is 36.4 Å². The molecule has 0 aliphatic carbocycles. The van der Waals surface area contributed by atoms with Crippen molar-refractivity contribution < 1.29 is 19.4 Å². The van der Waals surface area contributed by atoms with E-state index in [1.807, 2.05) is 37.3 Å². The van der Waals surface area contributed by atoms with E-state index in [1.54, 1.807) is 29.2 Å². The quantitative estimate of drug-likeness (QED) is 0.847. The highest BCUT2D eigenvalue weighted by atomic mass is 16.5. The minimum absolute atomic E-state index is 0.127. The zero-order chi connectivity index (χ0) is 17.5. The van der Waals surface area contributed by atoms with Crippen molar-refractivity contribution in [1.82, 2.24) is 0 Å². The zero-order valence-electron chi connectivity index (χ0n) is 13.8. The lowest BCUT2D eigenvalue weighted by Crippen LogP contribution is -2.33. The predicted molar refractivity (Wildman–Crippen MR) is 92.5 cm³/mol. The molecule has 0 spiro atoms. The summed E-state index contributed by atoms with van der Waals surface area (Å²) in [6, 6.07) is 16.1. The minimum atomic E-state index is -1.04. The lowest BCUT2D eigenvalue weighted by Gasteiger charge is -2.23. The van der Waals surface area contributed by atoms with Crippen LogP contribution in [-0.4, -0.2) is 30.6 Å². The first-order valence-corrected chi connectivity index (χ1v) is 7.79. The Morgan fingerprint density at radius 2 is 1.71 bits per heavy atom. The van der Waals surface area contributed by atoms with E-state index < -0.39 is 11.9 Å². The maximum absolute atomic E-state index is 12.7. The van der Waals surface area contributed by atoms with E-state index in [2.05, 4.69) is 0 Å². The number of rotatable bonds is 7. The van der Waals surface area contributed by atoms with Crippen molar-refractivity contribution >= 4 is 17.6 Å². The molecular weight excluding hydrogens is 306 g/mol. The number of para-hydroxylation sites is 2. The lowest BCUT2D eigenvalue weighted by molar-refractivity contribution is -0.140. The van der Waals surface area contributed by atoms with Crippen molar-refractivity contribution in [2.24, 2.45) is 0 Å². The number of nitrogens with zero attached hydrogens (tertiary/aromatic N) is 1. The molecule has 5 heteroatoms. The van der Waals surface area contributed by atoms with E-state index in [0.29, 0.717) is 17.9 Å². The van der Waals surface area contributed by atoms with Crippen LogP contribution in [0.5, 0.6) is 5.75 Å². The standard InChI is InChI=1S/C19H21NO4/c1-3-20(14-9-5-4-6-10-14)18(21)13-16(19(22)23)15-11-7-8-12-17(15)24-2/h4-12,16H,3,13H2,1-2H3,(H,22,23). The van der Waals surface area contributed by atoms with Crippen LogP contribution in [0.15, 0.2) is 54.6 Å². The third-order valence-corrected chi connectivity index (χ3v) is 3.88. The first-order chi connectivity index (χ1) is 11.6. The van der Waals surface area contributed by atoms with Gasteiger partial charge < -0.3 is 14.7 Å². The van der Waals surface area contributed by atoms with E-state index >= 15 is 0 Å². The maximum atomic E-state index is 12.7. The van der Waals surface area contributed by atoms with Crippen molar-refractivity contribution in [1.29, 1.82) is 0 Å². The normalized spacial score (nSPS) is 11.6. The second-order valence-electron chi connectivity index (χ2n) is 5.31. The molecule has 126 valence electrons. The third kappa shape index (κ3) is 3.93. The topological polar surface area (TPSA) is 66.8 Å². The molecule has 0 bridgehead atoms. The number of hydrogen-bond acceptors (Lipinski definition) is 3. The van der Waals surface area contributed by atoms with Crippen molar-refractivity contribution in [3.63, 3.8) is 0 Å². The summed E-state index contributed by atoms with van der Waals surface area (Å²) in [5.41, 5.74) is 1.26. The van der Waals surface area contributed by atoms with Crippen LogP contribution < -0.4 is 9.64 Å². The van der Waals surface area contributed by atoms with Gasteiger partial charge in [-0.05, 0) is 25.1 Å². The van der Waals surface area contributed by atoms with Crippen LogP contribution >= 0.6 is 0 Å². The molecule has 2 rings (SSSR count). The molecule has 0 aliphatic heterocycles. The molecule has 1 N–H and O–H groups in total. The molecule has 24 heavy (non-hydrogen) atoms. The number of carbonyl (C=O) groups excluding carboxylic acids is 1. The fourth-order valence-electron chi connectivity index (χ4n) is 2.68. The van der Waals surface area contributed by atoms with Gasteiger partial charge in [-0.3, -0.25) is 9.59 Å². The van der Waals surface area contributed by atoms with Gasteiger partial charge in [-0.15, -0.1) is 0 Å². The number of aliphatic carboxylic acids is 1. The van der Waals surface area contributed by atoms with Gasteiger partial charge >= 0.3 is 5.97 Å². The maximum Gasteiger partial charge on any atom is 0.311 e. The van der Waals surface area contributed by atoms with Crippen LogP contribution in [0.1, 0.15) is 24.8 Å². The Bertz CT molecular complexity index is 700. The molecule has 2 aromatic carbocycles. The molecule has 0 heterocycles. The fraction of sp³-hybridized carbons (Fsp3) is 0.263. The molecule has 0 saturated heterocycles. The first-order valence-electron chi connectivity index (χ1n) is 7.79. The van der Waals surface area contributed by atoms with Crippen LogP contribution in [0.25, 0.3) is 0 Å². The number of methoxy groups -OCH3 is 1. The first kappa shape index (κ1) is 17.5. The molecule has 1 unspecified atom stereocenters. The highest BCUT2D eigenvalue weighted by molar-refractivity contribution is 5.96. The summed E-state index contributed by atoms with van der Waals surface area (Å²) in [4.78, 5) is 26.0. The molecule has 0 saturated carbocycles.